The van der Waals surface area contributed by atoms with Crippen LogP contribution in [0.4, 0.5) is 0 Å². The molecule has 0 radical (unpaired) electrons. The molecule has 0 unspecified atom stereocenters. The molecule has 7 nitrogen and oxygen atoms in total. The van der Waals surface area contributed by atoms with Crippen LogP contribution in [-0.4, -0.2) is 37.5 Å². The van der Waals surface area contributed by atoms with Gasteiger partial charge in [0.05, 0.1) is 5.56 Å². The number of amides is 2. The van der Waals surface area contributed by atoms with Crippen LogP contribution >= 0.6 is 0 Å². The SMILES string of the molecule is CC(C)CCNC(=O)COC(=O)c1ccc(OCC(N)=O)cc1. The van der Waals surface area contributed by atoms with Crippen molar-refractivity contribution >= 4 is 17.8 Å². The summed E-state index contributed by atoms with van der Waals surface area (Å²) in [5.74, 6) is -0.622. The van der Waals surface area contributed by atoms with Crippen LogP contribution in [0.5, 0.6) is 5.75 Å². The summed E-state index contributed by atoms with van der Waals surface area (Å²) in [6.07, 6.45) is 0.868. The molecule has 0 atom stereocenters. The summed E-state index contributed by atoms with van der Waals surface area (Å²) in [6, 6.07) is 6.00. The lowest BCUT2D eigenvalue weighted by atomic mass is 10.1. The van der Waals surface area contributed by atoms with Gasteiger partial charge in [0.1, 0.15) is 5.75 Å². The van der Waals surface area contributed by atoms with Crippen molar-refractivity contribution in [3.05, 3.63) is 29.8 Å². The fourth-order valence-corrected chi connectivity index (χ4v) is 1.61. The van der Waals surface area contributed by atoms with E-state index in [1.165, 1.54) is 24.3 Å². The number of ether oxygens (including phenoxy) is 2. The van der Waals surface area contributed by atoms with E-state index in [2.05, 4.69) is 19.2 Å². The van der Waals surface area contributed by atoms with Gasteiger partial charge in [-0.25, -0.2) is 4.79 Å². The Kier molecular flexibility index (Phi) is 7.59. The first-order valence-corrected chi connectivity index (χ1v) is 7.33. The van der Waals surface area contributed by atoms with E-state index in [-0.39, 0.29) is 24.7 Å². The second-order valence-corrected chi connectivity index (χ2v) is 5.39. The molecule has 0 fully saturated rings. The van der Waals surface area contributed by atoms with Gasteiger partial charge in [0.25, 0.3) is 11.8 Å². The Labute approximate surface area is 135 Å². The van der Waals surface area contributed by atoms with E-state index in [1.54, 1.807) is 0 Å². The number of nitrogens with one attached hydrogen (secondary N) is 1. The lowest BCUT2D eigenvalue weighted by Gasteiger charge is -2.08. The third-order valence-corrected chi connectivity index (χ3v) is 2.85. The zero-order valence-corrected chi connectivity index (χ0v) is 13.3. The highest BCUT2D eigenvalue weighted by Gasteiger charge is 2.10. The molecule has 0 heterocycles. The average molecular weight is 322 g/mol. The Morgan fingerprint density at radius 2 is 1.78 bits per heavy atom. The molecule has 7 heteroatoms. The second kappa shape index (κ2) is 9.45. The van der Waals surface area contributed by atoms with Gasteiger partial charge in [-0.15, -0.1) is 0 Å². The molecule has 1 aromatic carbocycles. The second-order valence-electron chi connectivity index (χ2n) is 5.39. The molecule has 0 aliphatic carbocycles. The van der Waals surface area contributed by atoms with Crippen LogP contribution < -0.4 is 15.8 Å². The van der Waals surface area contributed by atoms with E-state index in [0.29, 0.717) is 18.2 Å². The molecule has 0 saturated heterocycles. The van der Waals surface area contributed by atoms with Crippen molar-refractivity contribution in [1.82, 2.24) is 5.32 Å². The van der Waals surface area contributed by atoms with Crippen LogP contribution in [0.1, 0.15) is 30.6 Å². The lowest BCUT2D eigenvalue weighted by Crippen LogP contribution is -2.30. The van der Waals surface area contributed by atoms with Gasteiger partial charge in [-0.1, -0.05) is 13.8 Å². The molecule has 1 rings (SSSR count). The fourth-order valence-electron chi connectivity index (χ4n) is 1.61. The van der Waals surface area contributed by atoms with E-state index >= 15 is 0 Å². The summed E-state index contributed by atoms with van der Waals surface area (Å²) in [6.45, 7) is 4.11. The average Bonchev–Trinajstić information content (AvgIpc) is 2.50. The highest BCUT2D eigenvalue weighted by atomic mass is 16.5. The van der Waals surface area contributed by atoms with Gasteiger partial charge in [0.2, 0.25) is 0 Å². The predicted molar refractivity (Wildman–Crippen MR) is 83.9 cm³/mol. The number of primary amides is 1. The quantitative estimate of drug-likeness (QED) is 0.656. The molecule has 0 aliphatic rings. The predicted octanol–water partition coefficient (Wildman–Crippen LogP) is 0.870. The molecular weight excluding hydrogens is 300 g/mol. The first-order chi connectivity index (χ1) is 10.9. The number of carbonyl (C=O) groups is 3. The van der Waals surface area contributed by atoms with Crippen molar-refractivity contribution in [3.8, 4) is 5.75 Å². The van der Waals surface area contributed by atoms with Gasteiger partial charge in [0.15, 0.2) is 13.2 Å². The molecule has 1 aromatic rings. The van der Waals surface area contributed by atoms with Crippen LogP contribution in [0, 0.1) is 5.92 Å². The van der Waals surface area contributed by atoms with E-state index < -0.39 is 11.9 Å². The normalized spacial score (nSPS) is 10.2. The number of nitrogens with two attached hydrogens (primary N) is 1. The number of hydrogen-bond acceptors (Lipinski definition) is 5. The minimum atomic E-state index is -0.606. The van der Waals surface area contributed by atoms with Gasteiger partial charge in [-0.3, -0.25) is 9.59 Å². The van der Waals surface area contributed by atoms with Gasteiger partial charge >= 0.3 is 5.97 Å². The van der Waals surface area contributed by atoms with Crippen molar-refractivity contribution in [1.29, 1.82) is 0 Å². The summed E-state index contributed by atoms with van der Waals surface area (Å²) in [7, 11) is 0. The fraction of sp³-hybridized carbons (Fsp3) is 0.438. The van der Waals surface area contributed by atoms with E-state index in [1.807, 2.05) is 0 Å². The van der Waals surface area contributed by atoms with Gasteiger partial charge in [-0.2, -0.15) is 0 Å². The Bertz CT molecular complexity index is 540. The topological polar surface area (TPSA) is 108 Å². The van der Waals surface area contributed by atoms with Crippen LogP contribution in [0.2, 0.25) is 0 Å². The highest BCUT2D eigenvalue weighted by Crippen LogP contribution is 2.12. The Balaban J connectivity index is 2.36. The van der Waals surface area contributed by atoms with Crippen LogP contribution in [0.25, 0.3) is 0 Å². The summed E-state index contributed by atoms with van der Waals surface area (Å²) >= 11 is 0. The Morgan fingerprint density at radius 1 is 1.13 bits per heavy atom. The minimum Gasteiger partial charge on any atom is -0.484 e. The molecule has 2 amide bonds. The number of esters is 1. The number of carbonyl (C=O) groups excluding carboxylic acids is 3. The zero-order chi connectivity index (χ0) is 17.2. The van der Waals surface area contributed by atoms with E-state index in [9.17, 15) is 14.4 Å². The molecular formula is C16H22N2O5. The van der Waals surface area contributed by atoms with E-state index in [0.717, 1.165) is 6.42 Å². The maximum absolute atomic E-state index is 11.8. The van der Waals surface area contributed by atoms with Crippen molar-refractivity contribution in [2.24, 2.45) is 11.7 Å². The summed E-state index contributed by atoms with van der Waals surface area (Å²) in [4.78, 5) is 33.9. The third-order valence-electron chi connectivity index (χ3n) is 2.85. The summed E-state index contributed by atoms with van der Waals surface area (Å²) < 4.78 is 9.99. The largest absolute Gasteiger partial charge is 0.484 e. The smallest absolute Gasteiger partial charge is 0.338 e. The summed E-state index contributed by atoms with van der Waals surface area (Å²) in [5.41, 5.74) is 5.25. The Hall–Kier alpha value is -2.57. The standard InChI is InChI=1S/C16H22N2O5/c1-11(2)7-8-18-15(20)10-23-16(21)12-3-5-13(6-4-12)22-9-14(17)19/h3-6,11H,7-10H2,1-2H3,(H2,17,19)(H,18,20). The maximum Gasteiger partial charge on any atom is 0.338 e. The number of benzene rings is 1. The molecule has 23 heavy (non-hydrogen) atoms. The molecule has 0 spiro atoms. The molecule has 0 aromatic heterocycles. The van der Waals surface area contributed by atoms with E-state index in [4.69, 9.17) is 15.2 Å². The minimum absolute atomic E-state index is 0.236. The maximum atomic E-state index is 11.8. The molecule has 0 bridgehead atoms. The summed E-state index contributed by atoms with van der Waals surface area (Å²) in [5, 5.41) is 2.68. The van der Waals surface area contributed by atoms with Gasteiger partial charge in [0, 0.05) is 6.54 Å². The first-order valence-electron chi connectivity index (χ1n) is 7.33. The molecule has 3 N–H and O–H groups in total. The molecule has 0 saturated carbocycles. The van der Waals surface area contributed by atoms with Crippen LogP contribution in [0.15, 0.2) is 24.3 Å². The van der Waals surface area contributed by atoms with Crippen LogP contribution in [-0.2, 0) is 14.3 Å². The number of hydrogen-bond donors (Lipinski definition) is 2. The van der Waals surface area contributed by atoms with Crippen molar-refractivity contribution in [2.45, 2.75) is 20.3 Å². The zero-order valence-electron chi connectivity index (χ0n) is 13.3. The van der Waals surface area contributed by atoms with Gasteiger partial charge in [-0.05, 0) is 36.6 Å². The van der Waals surface area contributed by atoms with Crippen molar-refractivity contribution < 1.29 is 23.9 Å². The third kappa shape index (κ3) is 7.85. The number of rotatable bonds is 9. The lowest BCUT2D eigenvalue weighted by molar-refractivity contribution is -0.124. The molecule has 0 aliphatic heterocycles. The highest BCUT2D eigenvalue weighted by molar-refractivity contribution is 5.91. The monoisotopic (exact) mass is 322 g/mol. The van der Waals surface area contributed by atoms with Crippen molar-refractivity contribution in [2.75, 3.05) is 19.8 Å². The molecule has 126 valence electrons. The van der Waals surface area contributed by atoms with Crippen LogP contribution in [0.3, 0.4) is 0 Å². The first kappa shape index (κ1) is 18.5. The van der Waals surface area contributed by atoms with Crippen molar-refractivity contribution in [3.63, 3.8) is 0 Å². The van der Waals surface area contributed by atoms with Gasteiger partial charge < -0.3 is 20.5 Å². The Morgan fingerprint density at radius 3 is 2.35 bits per heavy atom.